The highest BCUT2D eigenvalue weighted by Crippen LogP contribution is 2.30. The number of carbonyl (C=O) groups excluding carboxylic acids is 4. The summed E-state index contributed by atoms with van der Waals surface area (Å²) in [5, 5.41) is 36.0. The lowest BCUT2D eigenvalue weighted by molar-refractivity contribution is -0.385. The second-order valence-electron chi connectivity index (χ2n) is 10.5. The van der Waals surface area contributed by atoms with E-state index >= 15 is 0 Å². The van der Waals surface area contributed by atoms with Crippen molar-refractivity contribution >= 4 is 104 Å². The number of halogens is 5. The molecule has 4 amide bonds. The van der Waals surface area contributed by atoms with Crippen molar-refractivity contribution in [3.05, 3.63) is 124 Å². The molecule has 16 nitrogen and oxygen atoms in total. The van der Waals surface area contributed by atoms with Crippen molar-refractivity contribution in [1.82, 2.24) is 9.80 Å². The van der Waals surface area contributed by atoms with Gasteiger partial charge in [-0.25, -0.2) is 4.79 Å². The SMILES string of the molecule is CN(C)C(=O)Cl.CN(C)C(=O)Oc1ccc(Cl)cc1C(=O)Nc1ccc([N+](=O)[O-])cc1Cl.O=C(Nc1ccc([N+](=O)[O-])cc1Cl)c1cc(Cl)ccc1O. The van der Waals surface area contributed by atoms with Crippen LogP contribution < -0.4 is 15.4 Å². The van der Waals surface area contributed by atoms with E-state index in [2.05, 4.69) is 10.6 Å². The molecule has 0 radical (unpaired) electrons. The van der Waals surface area contributed by atoms with Crippen LogP contribution in [0.2, 0.25) is 20.1 Å². The van der Waals surface area contributed by atoms with E-state index in [0.717, 1.165) is 12.1 Å². The standard InChI is InChI=1S/C16H13Cl2N3O5.C13H8Cl2N2O4.C3H6ClNO/c1-20(2)16(23)26-14-6-3-9(17)7-11(14)15(22)19-13-5-4-10(21(24)25)8-12(13)18;14-7-1-4-12(18)9(5-7)13(19)16-11-3-2-8(17(20)21)6-10(11)15;1-5(2)3(4)6/h3-8H,1-2H3,(H,19,22);1-6,18H,(H,16,19);1-2H3. The van der Waals surface area contributed by atoms with Crippen LogP contribution in [0, 0.1) is 20.2 Å². The monoisotopic (exact) mass is 830 g/mol. The lowest BCUT2D eigenvalue weighted by atomic mass is 10.1. The van der Waals surface area contributed by atoms with E-state index in [1.165, 1.54) is 84.6 Å². The number of nitro benzene ring substituents is 2. The molecule has 4 aromatic carbocycles. The summed E-state index contributed by atoms with van der Waals surface area (Å²) in [6.45, 7) is 0. The Morgan fingerprint density at radius 2 is 1.08 bits per heavy atom. The molecule has 0 atom stereocenters. The van der Waals surface area contributed by atoms with Gasteiger partial charge in [-0.15, -0.1) is 0 Å². The van der Waals surface area contributed by atoms with Crippen molar-refractivity contribution in [2.75, 3.05) is 38.8 Å². The van der Waals surface area contributed by atoms with Gasteiger partial charge in [-0.2, -0.15) is 0 Å². The van der Waals surface area contributed by atoms with Gasteiger partial charge in [0.1, 0.15) is 11.5 Å². The number of nitrogens with one attached hydrogen (secondary N) is 2. The van der Waals surface area contributed by atoms with Crippen molar-refractivity contribution < 1.29 is 38.9 Å². The zero-order chi connectivity index (χ0) is 40.2. The Bertz CT molecular complexity index is 2050. The predicted molar refractivity (Wildman–Crippen MR) is 201 cm³/mol. The number of hydrogen-bond donors (Lipinski definition) is 3. The first-order valence-corrected chi connectivity index (χ1v) is 16.1. The highest BCUT2D eigenvalue weighted by molar-refractivity contribution is 6.62. The maximum atomic E-state index is 12.5. The summed E-state index contributed by atoms with van der Waals surface area (Å²) >= 11 is 28.4. The molecule has 4 aromatic rings. The second kappa shape index (κ2) is 20.0. The van der Waals surface area contributed by atoms with Gasteiger partial charge >= 0.3 is 11.5 Å². The summed E-state index contributed by atoms with van der Waals surface area (Å²) in [4.78, 5) is 68.8. The van der Waals surface area contributed by atoms with Crippen LogP contribution in [0.1, 0.15) is 20.7 Å². The third-order valence-corrected chi connectivity index (χ3v) is 7.56. The largest absolute Gasteiger partial charge is 0.507 e. The molecule has 0 unspecified atom stereocenters. The van der Waals surface area contributed by atoms with Crippen LogP contribution in [-0.4, -0.2) is 76.2 Å². The number of nitrogens with zero attached hydrogens (tertiary/aromatic N) is 4. The highest BCUT2D eigenvalue weighted by Gasteiger charge is 2.20. The molecule has 0 aliphatic heterocycles. The average Bonchev–Trinajstić information content (AvgIpc) is 3.08. The van der Waals surface area contributed by atoms with Gasteiger partial charge in [-0.3, -0.25) is 34.6 Å². The van der Waals surface area contributed by atoms with Crippen LogP contribution in [0.3, 0.4) is 0 Å². The Morgan fingerprint density at radius 1 is 0.660 bits per heavy atom. The topological polar surface area (TPSA) is 215 Å². The number of nitro groups is 2. The number of aromatic hydroxyl groups is 1. The smallest absolute Gasteiger partial charge is 0.414 e. The van der Waals surface area contributed by atoms with Crippen molar-refractivity contribution in [3.63, 3.8) is 0 Å². The minimum atomic E-state index is -0.672. The highest BCUT2D eigenvalue weighted by atomic mass is 35.5. The molecule has 3 N–H and O–H groups in total. The van der Waals surface area contributed by atoms with Gasteiger partial charge in [0.25, 0.3) is 23.2 Å². The number of benzene rings is 4. The summed E-state index contributed by atoms with van der Waals surface area (Å²) in [5.41, 5.74) is -0.0854. The van der Waals surface area contributed by atoms with Gasteiger partial charge in [-0.05, 0) is 60.1 Å². The maximum absolute atomic E-state index is 12.5. The fourth-order valence-corrected chi connectivity index (χ4v) is 4.25. The number of phenolic OH excluding ortho intramolecular Hbond substituents is 1. The number of non-ortho nitro benzene ring substituents is 2. The van der Waals surface area contributed by atoms with E-state index in [0.29, 0.717) is 0 Å². The first-order valence-electron chi connectivity index (χ1n) is 14.3. The molecule has 0 saturated carbocycles. The van der Waals surface area contributed by atoms with Gasteiger partial charge in [0, 0.05) is 62.5 Å². The van der Waals surface area contributed by atoms with Gasteiger partial charge < -0.3 is 30.3 Å². The molecule has 4 rings (SSSR count). The van der Waals surface area contributed by atoms with Crippen LogP contribution in [0.15, 0.2) is 72.8 Å². The minimum Gasteiger partial charge on any atom is -0.507 e. The lowest BCUT2D eigenvalue weighted by Gasteiger charge is -2.14. The maximum Gasteiger partial charge on any atom is 0.414 e. The summed E-state index contributed by atoms with van der Waals surface area (Å²) in [6, 6.07) is 15.4. The molecule has 280 valence electrons. The number of phenols is 1. The van der Waals surface area contributed by atoms with Crippen molar-refractivity contribution in [1.29, 1.82) is 0 Å². The minimum absolute atomic E-state index is 0.00196. The average molecular weight is 833 g/mol. The molecule has 0 spiro atoms. The fourth-order valence-electron chi connectivity index (χ4n) is 3.46. The van der Waals surface area contributed by atoms with Crippen LogP contribution in [-0.2, 0) is 0 Å². The number of anilines is 2. The Kier molecular flexibility index (Phi) is 16.5. The van der Waals surface area contributed by atoms with Crippen LogP contribution in [0.25, 0.3) is 0 Å². The summed E-state index contributed by atoms with van der Waals surface area (Å²) in [6.07, 6.45) is -0.672. The first-order chi connectivity index (χ1) is 24.7. The number of rotatable bonds is 7. The molecular weight excluding hydrogens is 806 g/mol. The van der Waals surface area contributed by atoms with E-state index < -0.39 is 33.1 Å². The number of hydrogen-bond acceptors (Lipinski definition) is 10. The fraction of sp³-hybridized carbons (Fsp3) is 0.125. The van der Waals surface area contributed by atoms with Crippen LogP contribution >= 0.6 is 58.0 Å². The number of ether oxygens (including phenoxy) is 1. The third-order valence-electron chi connectivity index (χ3n) is 6.13. The van der Waals surface area contributed by atoms with Crippen LogP contribution in [0.4, 0.5) is 32.3 Å². The molecule has 0 saturated heterocycles. The van der Waals surface area contributed by atoms with E-state index in [-0.39, 0.29) is 65.5 Å². The zero-order valence-corrected chi connectivity index (χ0v) is 31.5. The van der Waals surface area contributed by atoms with Gasteiger partial charge in [0.15, 0.2) is 0 Å². The van der Waals surface area contributed by atoms with E-state index in [4.69, 9.17) is 62.7 Å². The molecule has 0 heterocycles. The number of amides is 4. The second-order valence-corrected chi connectivity index (χ2v) is 12.5. The third kappa shape index (κ3) is 13.6. The zero-order valence-electron chi connectivity index (χ0n) is 27.7. The molecule has 21 heteroatoms. The molecular formula is C32H27Cl5N6O10. The molecule has 0 bridgehead atoms. The Labute approximate surface area is 326 Å². The predicted octanol–water partition coefficient (Wildman–Crippen LogP) is 8.98. The van der Waals surface area contributed by atoms with Crippen molar-refractivity contribution in [3.8, 4) is 11.5 Å². The Hall–Kier alpha value is -5.39. The van der Waals surface area contributed by atoms with Gasteiger partial charge in [0.05, 0.1) is 42.4 Å². The van der Waals surface area contributed by atoms with Crippen molar-refractivity contribution in [2.24, 2.45) is 0 Å². The van der Waals surface area contributed by atoms with Crippen LogP contribution in [0.5, 0.6) is 11.5 Å². The number of carbonyl (C=O) groups is 4. The lowest BCUT2D eigenvalue weighted by Crippen LogP contribution is -2.26. The summed E-state index contributed by atoms with van der Waals surface area (Å²) in [7, 11) is 6.17. The first kappa shape index (κ1) is 43.8. The van der Waals surface area contributed by atoms with Crippen molar-refractivity contribution in [2.45, 2.75) is 0 Å². The van der Waals surface area contributed by atoms with Gasteiger partial charge in [0.2, 0.25) is 0 Å². The molecule has 0 aliphatic rings. The normalized spacial score (nSPS) is 9.91. The summed E-state index contributed by atoms with van der Waals surface area (Å²) in [5.74, 6) is -1.52. The Morgan fingerprint density at radius 3 is 1.47 bits per heavy atom. The molecule has 0 aromatic heterocycles. The molecule has 0 aliphatic carbocycles. The summed E-state index contributed by atoms with van der Waals surface area (Å²) < 4.78 is 5.15. The molecule has 0 fully saturated rings. The van der Waals surface area contributed by atoms with E-state index in [1.807, 2.05) is 0 Å². The van der Waals surface area contributed by atoms with E-state index in [9.17, 15) is 44.5 Å². The molecule has 53 heavy (non-hydrogen) atoms. The Balaban J connectivity index is 0.000000323. The van der Waals surface area contributed by atoms with E-state index in [1.54, 1.807) is 14.1 Å². The quantitative estimate of drug-likeness (QED) is 0.0695. The van der Waals surface area contributed by atoms with Gasteiger partial charge in [-0.1, -0.05) is 46.4 Å².